The zero-order valence-corrected chi connectivity index (χ0v) is 18.7. The van der Waals surface area contributed by atoms with Crippen LogP contribution in [0.4, 0.5) is 0 Å². The van der Waals surface area contributed by atoms with Gasteiger partial charge in [-0.25, -0.2) is 0 Å². The van der Waals surface area contributed by atoms with E-state index in [-0.39, 0.29) is 21.1 Å². The van der Waals surface area contributed by atoms with Crippen LogP contribution >= 0.6 is 0 Å². The van der Waals surface area contributed by atoms with Crippen molar-refractivity contribution in [3.63, 3.8) is 0 Å². The van der Waals surface area contributed by atoms with Gasteiger partial charge in [-0.1, -0.05) is 54.1 Å². The maximum Gasteiger partial charge on any atom is 0.114 e. The molecular formula is C25H21N2O2Pt-. The quantitative estimate of drug-likeness (QED) is 0.281. The van der Waals surface area contributed by atoms with E-state index in [0.29, 0.717) is 11.5 Å². The molecule has 30 heavy (non-hydrogen) atoms. The predicted molar refractivity (Wildman–Crippen MR) is 114 cm³/mol. The Bertz CT molecular complexity index is 1070. The van der Waals surface area contributed by atoms with Gasteiger partial charge >= 0.3 is 0 Å². The minimum absolute atomic E-state index is 0. The number of para-hydroxylation sites is 2. The maximum absolute atomic E-state index is 6.18. The molecule has 0 aliphatic rings. The minimum Gasteiger partial charge on any atom is -0.502 e. The standard InChI is InChI=1S/C25H21N2O2.Pt/c1-26-18-19-14-15-27-24(16-19)23-13-12-22(28-20-8-4-2-5-9-20)17-25(23)29-21-10-6-3-7-11-21;/h2-12,14-17,26H,18H2,1H3;/q-1;. The van der Waals surface area contributed by atoms with Crippen LogP contribution in [0, 0.1) is 6.07 Å². The number of pyridine rings is 1. The van der Waals surface area contributed by atoms with E-state index in [1.165, 1.54) is 0 Å². The van der Waals surface area contributed by atoms with Crippen molar-refractivity contribution < 1.29 is 30.5 Å². The molecule has 1 aromatic heterocycles. The zero-order chi connectivity index (χ0) is 19.9. The minimum atomic E-state index is 0. The van der Waals surface area contributed by atoms with E-state index in [0.717, 1.165) is 34.9 Å². The van der Waals surface area contributed by atoms with Crippen LogP contribution in [0.5, 0.6) is 23.0 Å². The molecule has 3 aromatic carbocycles. The molecule has 0 atom stereocenters. The van der Waals surface area contributed by atoms with E-state index in [9.17, 15) is 0 Å². The van der Waals surface area contributed by atoms with Crippen LogP contribution in [-0.4, -0.2) is 12.0 Å². The van der Waals surface area contributed by atoms with Gasteiger partial charge in [-0.3, -0.25) is 0 Å². The van der Waals surface area contributed by atoms with Crippen LogP contribution in [-0.2, 0) is 27.6 Å². The van der Waals surface area contributed by atoms with Gasteiger partial charge in [0.1, 0.15) is 11.5 Å². The van der Waals surface area contributed by atoms with Crippen LogP contribution < -0.4 is 14.8 Å². The topological polar surface area (TPSA) is 43.4 Å². The summed E-state index contributed by atoms with van der Waals surface area (Å²) < 4.78 is 12.1. The molecule has 0 unspecified atom stereocenters. The van der Waals surface area contributed by atoms with Gasteiger partial charge in [0.05, 0.1) is 0 Å². The summed E-state index contributed by atoms with van der Waals surface area (Å²) in [6.45, 7) is 0.763. The Morgan fingerprint density at radius 2 is 1.50 bits per heavy atom. The summed E-state index contributed by atoms with van der Waals surface area (Å²) >= 11 is 0. The summed E-state index contributed by atoms with van der Waals surface area (Å²) in [5.74, 6) is 2.79. The summed E-state index contributed by atoms with van der Waals surface area (Å²) in [6.07, 6.45) is 1.80. The molecule has 0 saturated carbocycles. The molecule has 4 nitrogen and oxygen atoms in total. The summed E-state index contributed by atoms with van der Waals surface area (Å²) in [7, 11) is 1.92. The van der Waals surface area contributed by atoms with Crippen LogP contribution in [0.3, 0.4) is 0 Å². The Kier molecular flexibility index (Phi) is 7.78. The molecule has 4 rings (SSSR count). The summed E-state index contributed by atoms with van der Waals surface area (Å²) in [6, 6.07) is 30.3. The van der Waals surface area contributed by atoms with Crippen molar-refractivity contribution in [2.45, 2.75) is 6.54 Å². The van der Waals surface area contributed by atoms with Gasteiger partial charge < -0.3 is 19.8 Å². The fourth-order valence-electron chi connectivity index (χ4n) is 2.96. The third kappa shape index (κ3) is 5.56. The molecule has 4 aromatic rings. The van der Waals surface area contributed by atoms with Crippen molar-refractivity contribution >= 4 is 0 Å². The molecule has 0 fully saturated rings. The molecule has 5 heteroatoms. The monoisotopic (exact) mass is 576 g/mol. The number of benzene rings is 3. The van der Waals surface area contributed by atoms with Gasteiger partial charge in [-0.15, -0.1) is 12.1 Å². The van der Waals surface area contributed by atoms with Crippen LogP contribution in [0.15, 0.2) is 91.1 Å². The van der Waals surface area contributed by atoms with Gasteiger partial charge in [0, 0.05) is 45.3 Å². The largest absolute Gasteiger partial charge is 0.502 e. The number of nitrogens with one attached hydrogen (secondary N) is 1. The number of hydrogen-bond acceptors (Lipinski definition) is 4. The van der Waals surface area contributed by atoms with E-state index in [1.54, 1.807) is 6.20 Å². The maximum atomic E-state index is 6.18. The third-order valence-electron chi connectivity index (χ3n) is 4.29. The van der Waals surface area contributed by atoms with Crippen LogP contribution in [0.2, 0.25) is 0 Å². The van der Waals surface area contributed by atoms with Crippen molar-refractivity contribution in [2.75, 3.05) is 7.05 Å². The van der Waals surface area contributed by atoms with E-state index in [2.05, 4.69) is 16.4 Å². The normalized spacial score (nSPS) is 10.2. The summed E-state index contributed by atoms with van der Waals surface area (Å²) in [5.41, 5.74) is 2.73. The molecule has 1 heterocycles. The molecule has 0 saturated heterocycles. The Hall–Kier alpha value is -2.94. The first-order valence-corrected chi connectivity index (χ1v) is 9.43. The molecule has 0 radical (unpaired) electrons. The molecule has 0 aliphatic heterocycles. The Morgan fingerprint density at radius 3 is 2.17 bits per heavy atom. The molecule has 0 bridgehead atoms. The fourth-order valence-corrected chi connectivity index (χ4v) is 2.96. The summed E-state index contributed by atoms with van der Waals surface area (Å²) in [5, 5.41) is 3.16. The number of rotatable bonds is 7. The first-order valence-electron chi connectivity index (χ1n) is 9.43. The molecule has 0 spiro atoms. The second-order valence-electron chi connectivity index (χ2n) is 6.48. The number of hydrogen-bond donors (Lipinski definition) is 1. The van der Waals surface area contributed by atoms with Gasteiger partial charge in [0.15, 0.2) is 0 Å². The first kappa shape index (κ1) is 21.8. The average molecular weight is 577 g/mol. The fraction of sp³-hybridized carbons (Fsp3) is 0.0800. The van der Waals surface area contributed by atoms with E-state index >= 15 is 0 Å². The Labute approximate surface area is 191 Å². The molecular weight excluding hydrogens is 555 g/mol. The van der Waals surface area contributed by atoms with E-state index in [4.69, 9.17) is 9.47 Å². The average Bonchev–Trinajstić information content (AvgIpc) is 2.76. The van der Waals surface area contributed by atoms with Crippen molar-refractivity contribution in [1.29, 1.82) is 0 Å². The molecule has 0 aliphatic carbocycles. The molecule has 154 valence electrons. The number of ether oxygens (including phenoxy) is 2. The second-order valence-corrected chi connectivity index (χ2v) is 6.48. The van der Waals surface area contributed by atoms with Gasteiger partial charge in [0.2, 0.25) is 0 Å². The van der Waals surface area contributed by atoms with Crippen molar-refractivity contribution in [3.05, 3.63) is 103 Å². The molecule has 0 amide bonds. The number of nitrogens with zero attached hydrogens (tertiary/aromatic N) is 1. The van der Waals surface area contributed by atoms with E-state index in [1.807, 2.05) is 92.0 Å². The number of aromatic nitrogens is 1. The van der Waals surface area contributed by atoms with Gasteiger partial charge in [-0.05, 0) is 48.6 Å². The van der Waals surface area contributed by atoms with Gasteiger partial charge in [-0.2, -0.15) is 0 Å². The predicted octanol–water partition coefficient (Wildman–Crippen LogP) is 5.85. The van der Waals surface area contributed by atoms with Crippen LogP contribution in [0.25, 0.3) is 11.3 Å². The second kappa shape index (κ2) is 10.7. The SMILES string of the molecule is CNCc1ccnc(-c2[c-]cc(Oc3ccccc3)cc2Oc2ccccc2)c1.[Pt]. The van der Waals surface area contributed by atoms with Crippen molar-refractivity contribution in [3.8, 4) is 34.3 Å². The van der Waals surface area contributed by atoms with Crippen LogP contribution in [0.1, 0.15) is 5.56 Å². The van der Waals surface area contributed by atoms with Gasteiger partial charge in [0.25, 0.3) is 0 Å². The zero-order valence-electron chi connectivity index (χ0n) is 16.4. The van der Waals surface area contributed by atoms with E-state index < -0.39 is 0 Å². The third-order valence-corrected chi connectivity index (χ3v) is 4.29. The van der Waals surface area contributed by atoms with Crippen molar-refractivity contribution in [1.82, 2.24) is 10.3 Å². The Morgan fingerprint density at radius 1 is 0.833 bits per heavy atom. The van der Waals surface area contributed by atoms with Crippen molar-refractivity contribution in [2.24, 2.45) is 0 Å². The summed E-state index contributed by atoms with van der Waals surface area (Å²) in [4.78, 5) is 4.53. The first-order chi connectivity index (χ1) is 14.3. The Balaban J connectivity index is 0.00000256. The molecule has 1 N–H and O–H groups in total. The smallest absolute Gasteiger partial charge is 0.114 e.